The van der Waals surface area contributed by atoms with Gasteiger partial charge in [0.05, 0.1) is 11.9 Å². The Morgan fingerprint density at radius 1 is 1.26 bits per heavy atom. The molecule has 114 valence electrons. The van der Waals surface area contributed by atoms with Crippen LogP contribution in [0.25, 0.3) is 23.2 Å². The van der Waals surface area contributed by atoms with E-state index in [0.29, 0.717) is 5.69 Å². The second-order valence-electron chi connectivity index (χ2n) is 5.23. The van der Waals surface area contributed by atoms with Crippen molar-refractivity contribution in [3.8, 4) is 0 Å². The van der Waals surface area contributed by atoms with E-state index in [1.165, 1.54) is 6.08 Å². The predicted molar refractivity (Wildman–Crippen MR) is 94.9 cm³/mol. The minimum absolute atomic E-state index is 0.247. The zero-order chi connectivity index (χ0) is 16.2. The summed E-state index contributed by atoms with van der Waals surface area (Å²) in [5.74, 6) is -0.247. The van der Waals surface area contributed by atoms with Gasteiger partial charge in [-0.15, -0.1) is 0 Å². The number of carbonyl (C=O) groups excluding carboxylic acids is 1. The topological polar surface area (TPSA) is 46.9 Å². The van der Waals surface area contributed by atoms with Crippen LogP contribution < -0.4 is 5.32 Å². The Hall–Kier alpha value is -3.14. The zero-order valence-electron chi connectivity index (χ0n) is 12.9. The Labute approximate surface area is 134 Å². The molecule has 0 spiro atoms. The first-order chi connectivity index (χ1) is 11.2. The molecule has 1 aromatic carbocycles. The van der Waals surface area contributed by atoms with Gasteiger partial charge in [-0.05, 0) is 17.7 Å². The molecule has 0 aliphatic rings. The third kappa shape index (κ3) is 3.21. The molecule has 4 nitrogen and oxygen atoms in total. The maximum absolute atomic E-state index is 11.4. The molecule has 0 radical (unpaired) electrons. The van der Waals surface area contributed by atoms with Gasteiger partial charge in [-0.2, -0.15) is 0 Å². The molecule has 4 heteroatoms. The lowest BCUT2D eigenvalue weighted by Gasteiger charge is -2.02. The number of aromatic nitrogens is 2. The molecule has 0 saturated heterocycles. The fraction of sp³-hybridized carbons (Fsp3) is 0.0526. The van der Waals surface area contributed by atoms with Crippen LogP contribution in [0.3, 0.4) is 0 Å². The second kappa shape index (κ2) is 6.32. The highest BCUT2D eigenvalue weighted by atomic mass is 16.1. The van der Waals surface area contributed by atoms with Crippen LogP contribution in [0.1, 0.15) is 11.1 Å². The summed E-state index contributed by atoms with van der Waals surface area (Å²) in [5.41, 5.74) is 3.71. The van der Waals surface area contributed by atoms with E-state index in [1.807, 2.05) is 42.1 Å². The largest absolute Gasteiger partial charge is 0.335 e. The highest BCUT2D eigenvalue weighted by Gasteiger charge is 2.07. The lowest BCUT2D eigenvalue weighted by Crippen LogP contribution is -2.07. The van der Waals surface area contributed by atoms with Crippen molar-refractivity contribution in [2.45, 2.75) is 0 Å². The molecule has 0 aliphatic heterocycles. The first-order valence-corrected chi connectivity index (χ1v) is 7.29. The monoisotopic (exact) mass is 303 g/mol. The number of nitrogens with zero attached hydrogens (tertiary/aromatic N) is 2. The van der Waals surface area contributed by atoms with Crippen molar-refractivity contribution in [1.29, 1.82) is 0 Å². The number of nitrogens with one attached hydrogen (secondary N) is 1. The van der Waals surface area contributed by atoms with Crippen LogP contribution in [-0.4, -0.2) is 15.5 Å². The predicted octanol–water partition coefficient (Wildman–Crippen LogP) is 3.87. The summed E-state index contributed by atoms with van der Waals surface area (Å²) in [5, 5.41) is 3.73. The van der Waals surface area contributed by atoms with Gasteiger partial charge >= 0.3 is 0 Å². The summed E-state index contributed by atoms with van der Waals surface area (Å²) in [6, 6.07) is 12.0. The molecule has 1 amide bonds. The Morgan fingerprint density at radius 2 is 2.04 bits per heavy atom. The second-order valence-corrected chi connectivity index (χ2v) is 5.23. The number of carbonyl (C=O) groups is 1. The molecule has 3 rings (SSSR count). The van der Waals surface area contributed by atoms with E-state index in [-0.39, 0.29) is 5.91 Å². The number of amides is 1. The van der Waals surface area contributed by atoms with Crippen LogP contribution in [0, 0.1) is 0 Å². The number of hydrogen-bond acceptors (Lipinski definition) is 2. The molecule has 0 aliphatic carbocycles. The summed E-state index contributed by atoms with van der Waals surface area (Å²) >= 11 is 0. The van der Waals surface area contributed by atoms with Crippen LogP contribution in [0.4, 0.5) is 5.69 Å². The standard InChI is InChI=1S/C19H17N3O/c1-3-18(23)21-16-11-17-15(13-22(2)19(17)20-12-16)10-9-14-7-5-4-6-8-14/h3-13H,1H2,2H3,(H,21,23). The Bertz CT molecular complexity index is 892. The quantitative estimate of drug-likeness (QED) is 0.744. The van der Waals surface area contributed by atoms with Gasteiger partial charge in [0.1, 0.15) is 5.65 Å². The number of fused-ring (bicyclic) bond motifs is 1. The lowest BCUT2D eigenvalue weighted by molar-refractivity contribution is -0.111. The van der Waals surface area contributed by atoms with Gasteiger partial charge in [-0.25, -0.2) is 4.98 Å². The minimum atomic E-state index is -0.247. The molecule has 23 heavy (non-hydrogen) atoms. The van der Waals surface area contributed by atoms with E-state index in [2.05, 4.69) is 41.2 Å². The van der Waals surface area contributed by atoms with E-state index in [1.54, 1.807) is 6.20 Å². The van der Waals surface area contributed by atoms with Gasteiger partial charge < -0.3 is 9.88 Å². The van der Waals surface area contributed by atoms with Crippen molar-refractivity contribution in [2.24, 2.45) is 7.05 Å². The van der Waals surface area contributed by atoms with Crippen LogP contribution in [0.15, 0.2) is 61.4 Å². The van der Waals surface area contributed by atoms with Gasteiger partial charge in [0.15, 0.2) is 0 Å². The van der Waals surface area contributed by atoms with E-state index in [4.69, 9.17) is 0 Å². The lowest BCUT2D eigenvalue weighted by atomic mass is 10.1. The Balaban J connectivity index is 1.99. The molecule has 0 atom stereocenters. The average Bonchev–Trinajstić information content (AvgIpc) is 2.89. The van der Waals surface area contributed by atoms with Gasteiger partial charge in [-0.1, -0.05) is 49.1 Å². The number of hydrogen-bond donors (Lipinski definition) is 1. The van der Waals surface area contributed by atoms with Gasteiger partial charge in [0.2, 0.25) is 5.91 Å². The molecule has 2 aromatic heterocycles. The molecular weight excluding hydrogens is 286 g/mol. The highest BCUT2D eigenvalue weighted by Crippen LogP contribution is 2.24. The summed E-state index contributed by atoms with van der Waals surface area (Å²) < 4.78 is 1.97. The molecule has 1 N–H and O–H groups in total. The van der Waals surface area contributed by atoms with Crippen molar-refractivity contribution < 1.29 is 4.79 Å². The van der Waals surface area contributed by atoms with E-state index in [0.717, 1.165) is 22.2 Å². The number of rotatable bonds is 4. The SMILES string of the molecule is C=CC(=O)Nc1cnc2c(c1)c(C=Cc1ccccc1)cn2C. The van der Waals surface area contributed by atoms with Crippen LogP contribution in [0.5, 0.6) is 0 Å². The Kier molecular flexibility index (Phi) is 4.06. The first kappa shape index (κ1) is 14.8. The summed E-state index contributed by atoms with van der Waals surface area (Å²) in [6.07, 6.45) is 9.03. The Morgan fingerprint density at radius 3 is 2.78 bits per heavy atom. The summed E-state index contributed by atoms with van der Waals surface area (Å²) in [6.45, 7) is 3.46. The molecule has 0 fully saturated rings. The highest BCUT2D eigenvalue weighted by molar-refractivity contribution is 6.00. The van der Waals surface area contributed by atoms with Crippen LogP contribution in [0.2, 0.25) is 0 Å². The summed E-state index contributed by atoms with van der Waals surface area (Å²) in [7, 11) is 1.96. The number of aryl methyl sites for hydroxylation is 1. The number of pyridine rings is 1. The van der Waals surface area contributed by atoms with Crippen molar-refractivity contribution in [1.82, 2.24) is 9.55 Å². The molecule has 0 unspecified atom stereocenters. The van der Waals surface area contributed by atoms with Crippen molar-refractivity contribution in [3.05, 3.63) is 72.6 Å². The third-order valence-electron chi connectivity index (χ3n) is 3.55. The normalized spacial score (nSPS) is 11.0. The molecular formula is C19H17N3O. The molecule has 0 saturated carbocycles. The first-order valence-electron chi connectivity index (χ1n) is 7.29. The van der Waals surface area contributed by atoms with Gasteiger partial charge in [0, 0.05) is 24.2 Å². The fourth-order valence-electron chi connectivity index (χ4n) is 2.43. The molecule has 3 aromatic rings. The van der Waals surface area contributed by atoms with E-state index >= 15 is 0 Å². The summed E-state index contributed by atoms with van der Waals surface area (Å²) in [4.78, 5) is 15.9. The van der Waals surface area contributed by atoms with Gasteiger partial charge in [-0.3, -0.25) is 4.79 Å². The maximum Gasteiger partial charge on any atom is 0.247 e. The third-order valence-corrected chi connectivity index (χ3v) is 3.55. The van der Waals surface area contributed by atoms with Crippen molar-refractivity contribution >= 4 is 34.8 Å². The zero-order valence-corrected chi connectivity index (χ0v) is 12.9. The van der Waals surface area contributed by atoms with Crippen molar-refractivity contribution in [2.75, 3.05) is 5.32 Å². The molecule has 2 heterocycles. The minimum Gasteiger partial charge on any atom is -0.335 e. The van der Waals surface area contributed by atoms with Crippen molar-refractivity contribution in [3.63, 3.8) is 0 Å². The van der Waals surface area contributed by atoms with Crippen LogP contribution in [-0.2, 0) is 11.8 Å². The smallest absolute Gasteiger partial charge is 0.247 e. The van der Waals surface area contributed by atoms with Gasteiger partial charge in [0.25, 0.3) is 0 Å². The van der Waals surface area contributed by atoms with Crippen LogP contribution >= 0.6 is 0 Å². The number of benzene rings is 1. The van der Waals surface area contributed by atoms with E-state index in [9.17, 15) is 4.79 Å². The fourth-order valence-corrected chi connectivity index (χ4v) is 2.43. The number of anilines is 1. The maximum atomic E-state index is 11.4. The van der Waals surface area contributed by atoms with E-state index < -0.39 is 0 Å². The molecule has 0 bridgehead atoms. The average molecular weight is 303 g/mol.